The molecule has 0 aliphatic carbocycles. The maximum Gasteiger partial charge on any atom is 0.0998 e. The lowest BCUT2D eigenvalue weighted by molar-refractivity contribution is 0.804. The van der Waals surface area contributed by atoms with Crippen molar-refractivity contribution < 1.29 is 0 Å². The van der Waals surface area contributed by atoms with Gasteiger partial charge in [-0.05, 0) is 38.8 Å². The third-order valence-corrected chi connectivity index (χ3v) is 2.36. The van der Waals surface area contributed by atoms with Crippen LogP contribution < -0.4 is 0 Å². The third-order valence-electron chi connectivity index (χ3n) is 1.60. The van der Waals surface area contributed by atoms with Gasteiger partial charge in [0.2, 0.25) is 0 Å². The summed E-state index contributed by atoms with van der Waals surface area (Å²) in [5.41, 5.74) is 1.53. The van der Waals surface area contributed by atoms with Gasteiger partial charge in [0.25, 0.3) is 0 Å². The molecule has 0 saturated carbocycles. The second-order valence-electron chi connectivity index (χ2n) is 4.14. The van der Waals surface area contributed by atoms with E-state index in [4.69, 9.17) is 5.26 Å². The van der Waals surface area contributed by atoms with Crippen LogP contribution in [0.15, 0.2) is 28.7 Å². The van der Waals surface area contributed by atoms with Crippen LogP contribution in [0.5, 0.6) is 0 Å². The van der Waals surface area contributed by atoms with E-state index in [0.717, 1.165) is 5.56 Å². The van der Waals surface area contributed by atoms with Crippen LogP contribution in [0, 0.1) is 11.3 Å². The monoisotopic (exact) mass is 218 g/mol. The van der Waals surface area contributed by atoms with Crippen molar-refractivity contribution >= 4 is 18.2 Å². The zero-order chi connectivity index (χ0) is 11.3. The molecule has 78 valence electrons. The maximum atomic E-state index is 8.86. The molecular formula is C12H14N2S. The highest BCUT2D eigenvalue weighted by Gasteiger charge is 2.09. The van der Waals surface area contributed by atoms with Crippen molar-refractivity contribution in [1.82, 2.24) is 0 Å². The van der Waals surface area contributed by atoms with Crippen LogP contribution in [0.4, 0.5) is 0 Å². The van der Waals surface area contributed by atoms with E-state index in [-0.39, 0.29) is 4.75 Å². The van der Waals surface area contributed by atoms with Crippen LogP contribution >= 0.6 is 11.9 Å². The molecule has 0 amide bonds. The summed E-state index contributed by atoms with van der Waals surface area (Å²) in [6.45, 7) is 6.31. The van der Waals surface area contributed by atoms with Gasteiger partial charge in [0, 0.05) is 16.5 Å². The first-order valence-electron chi connectivity index (χ1n) is 4.73. The van der Waals surface area contributed by atoms with E-state index in [9.17, 15) is 0 Å². The summed E-state index contributed by atoms with van der Waals surface area (Å²) in [6, 6.07) is 9.59. The average molecular weight is 218 g/mol. The molecule has 0 unspecified atom stereocenters. The SMILES string of the molecule is CC(C)(C)SN=Cc1ccccc1C#N. The molecule has 0 aliphatic rings. The van der Waals surface area contributed by atoms with Crippen molar-refractivity contribution in [3.63, 3.8) is 0 Å². The molecule has 1 aromatic rings. The molecule has 1 aromatic carbocycles. The van der Waals surface area contributed by atoms with Gasteiger partial charge in [-0.15, -0.1) is 0 Å². The quantitative estimate of drug-likeness (QED) is 0.563. The summed E-state index contributed by atoms with van der Waals surface area (Å²) < 4.78 is 4.37. The minimum absolute atomic E-state index is 0.109. The van der Waals surface area contributed by atoms with Crippen molar-refractivity contribution in [2.24, 2.45) is 4.40 Å². The van der Waals surface area contributed by atoms with E-state index in [0.29, 0.717) is 5.56 Å². The molecule has 0 aromatic heterocycles. The summed E-state index contributed by atoms with van der Waals surface area (Å²) in [5.74, 6) is 0. The number of nitriles is 1. The van der Waals surface area contributed by atoms with E-state index >= 15 is 0 Å². The summed E-state index contributed by atoms with van der Waals surface area (Å²) >= 11 is 1.51. The Hall–Kier alpha value is -1.27. The first kappa shape index (κ1) is 11.8. The van der Waals surface area contributed by atoms with Gasteiger partial charge in [-0.3, -0.25) is 0 Å². The van der Waals surface area contributed by atoms with Gasteiger partial charge in [0.1, 0.15) is 0 Å². The van der Waals surface area contributed by atoms with Crippen LogP contribution in [-0.2, 0) is 0 Å². The van der Waals surface area contributed by atoms with Gasteiger partial charge in [0.05, 0.1) is 11.6 Å². The lowest BCUT2D eigenvalue weighted by Gasteiger charge is -2.12. The largest absolute Gasteiger partial charge is 0.223 e. The lowest BCUT2D eigenvalue weighted by Crippen LogP contribution is -2.05. The van der Waals surface area contributed by atoms with E-state index in [1.807, 2.05) is 18.2 Å². The Labute approximate surface area is 95.2 Å². The second-order valence-corrected chi connectivity index (χ2v) is 5.76. The number of hydrogen-bond donors (Lipinski definition) is 0. The van der Waals surface area contributed by atoms with Crippen molar-refractivity contribution in [1.29, 1.82) is 5.26 Å². The van der Waals surface area contributed by atoms with E-state index in [1.165, 1.54) is 11.9 Å². The first-order valence-corrected chi connectivity index (χ1v) is 5.51. The van der Waals surface area contributed by atoms with Crippen molar-refractivity contribution in [3.05, 3.63) is 35.4 Å². The predicted octanol–water partition coefficient (Wildman–Crippen LogP) is 3.42. The fourth-order valence-corrected chi connectivity index (χ4v) is 1.44. The van der Waals surface area contributed by atoms with Crippen LogP contribution in [0.3, 0.4) is 0 Å². The van der Waals surface area contributed by atoms with Crippen LogP contribution in [0.2, 0.25) is 0 Å². The van der Waals surface area contributed by atoms with Gasteiger partial charge >= 0.3 is 0 Å². The first-order chi connectivity index (χ1) is 7.03. The van der Waals surface area contributed by atoms with E-state index in [1.54, 1.807) is 12.3 Å². The molecule has 0 N–H and O–H groups in total. The number of hydrogen-bond acceptors (Lipinski definition) is 3. The Bertz CT molecular complexity index is 397. The molecule has 3 heteroatoms. The maximum absolute atomic E-state index is 8.86. The van der Waals surface area contributed by atoms with Crippen LogP contribution in [-0.4, -0.2) is 11.0 Å². The van der Waals surface area contributed by atoms with Crippen LogP contribution in [0.1, 0.15) is 31.9 Å². The van der Waals surface area contributed by atoms with E-state index < -0.39 is 0 Å². The number of benzene rings is 1. The zero-order valence-electron chi connectivity index (χ0n) is 9.19. The smallest absolute Gasteiger partial charge is 0.0998 e. The molecule has 0 fully saturated rings. The van der Waals surface area contributed by atoms with Crippen molar-refractivity contribution in [3.8, 4) is 6.07 Å². The molecule has 0 bridgehead atoms. The Morgan fingerprint density at radius 3 is 2.60 bits per heavy atom. The summed E-state index contributed by atoms with van der Waals surface area (Å²) in [5, 5.41) is 8.86. The molecule has 0 radical (unpaired) electrons. The van der Waals surface area contributed by atoms with E-state index in [2.05, 4.69) is 31.2 Å². The molecule has 2 nitrogen and oxygen atoms in total. The minimum Gasteiger partial charge on any atom is -0.223 e. The highest BCUT2D eigenvalue weighted by Crippen LogP contribution is 2.23. The normalized spacial score (nSPS) is 11.6. The predicted molar refractivity (Wildman–Crippen MR) is 66.1 cm³/mol. The summed E-state index contributed by atoms with van der Waals surface area (Å²) in [4.78, 5) is 0. The molecule has 0 spiro atoms. The van der Waals surface area contributed by atoms with Gasteiger partial charge in [0.15, 0.2) is 0 Å². The molecule has 0 aliphatic heterocycles. The molecule has 1 rings (SSSR count). The van der Waals surface area contributed by atoms with Crippen LogP contribution in [0.25, 0.3) is 0 Å². The molecule has 0 atom stereocenters. The average Bonchev–Trinajstić information content (AvgIpc) is 2.16. The number of nitrogens with zero attached hydrogens (tertiary/aromatic N) is 2. The van der Waals surface area contributed by atoms with Gasteiger partial charge in [-0.2, -0.15) is 5.26 Å². The van der Waals surface area contributed by atoms with Gasteiger partial charge in [-0.25, -0.2) is 4.40 Å². The molecular weight excluding hydrogens is 204 g/mol. The van der Waals surface area contributed by atoms with Crippen molar-refractivity contribution in [2.75, 3.05) is 0 Å². The molecule has 15 heavy (non-hydrogen) atoms. The molecule has 0 heterocycles. The molecule has 0 saturated heterocycles. The van der Waals surface area contributed by atoms with Crippen molar-refractivity contribution in [2.45, 2.75) is 25.5 Å². The summed E-state index contributed by atoms with van der Waals surface area (Å²) in [6.07, 6.45) is 1.74. The Kier molecular flexibility index (Phi) is 3.93. The topological polar surface area (TPSA) is 36.1 Å². The fourth-order valence-electron chi connectivity index (χ4n) is 0.953. The Balaban J connectivity index is 2.77. The Morgan fingerprint density at radius 1 is 1.33 bits per heavy atom. The third kappa shape index (κ3) is 4.18. The van der Waals surface area contributed by atoms with Gasteiger partial charge < -0.3 is 0 Å². The fraction of sp³-hybridized carbons (Fsp3) is 0.333. The Morgan fingerprint density at radius 2 is 2.00 bits per heavy atom. The lowest BCUT2D eigenvalue weighted by atomic mass is 10.1. The zero-order valence-corrected chi connectivity index (χ0v) is 10.0. The standard InChI is InChI=1S/C12H14N2S/c1-12(2,3)15-14-9-11-7-5-4-6-10(11)8-13/h4-7,9H,1-3H3. The second kappa shape index (κ2) is 4.99. The number of rotatable bonds is 2. The highest BCUT2D eigenvalue weighted by molar-refractivity contribution is 7.99. The highest BCUT2D eigenvalue weighted by atomic mass is 32.2. The van der Waals surface area contributed by atoms with Gasteiger partial charge in [-0.1, -0.05) is 18.2 Å². The minimum atomic E-state index is 0.109. The summed E-state index contributed by atoms with van der Waals surface area (Å²) in [7, 11) is 0.